The van der Waals surface area contributed by atoms with Crippen molar-refractivity contribution in [1.82, 2.24) is 5.32 Å². The zero-order chi connectivity index (χ0) is 12.7. The Bertz CT molecular complexity index is 382. The standard InChI is InChI=1S/C13H18FNOS/c1-10-9-11(5-6-12(10)14)13(16)15-7-3-4-8-17-2/h5-6,9H,3-4,7-8H2,1-2H3,(H,15,16). The van der Waals surface area contributed by atoms with Crippen molar-refractivity contribution in [3.63, 3.8) is 0 Å². The third-order valence-corrected chi connectivity index (χ3v) is 3.18. The lowest BCUT2D eigenvalue weighted by Crippen LogP contribution is -2.24. The molecule has 2 nitrogen and oxygen atoms in total. The Kier molecular flexibility index (Phi) is 6.05. The molecule has 0 aliphatic carbocycles. The molecule has 94 valence electrons. The fourth-order valence-corrected chi connectivity index (χ4v) is 1.95. The van der Waals surface area contributed by atoms with Gasteiger partial charge in [-0.2, -0.15) is 11.8 Å². The summed E-state index contributed by atoms with van der Waals surface area (Å²) in [6.07, 6.45) is 4.15. The number of amides is 1. The Balaban J connectivity index is 2.39. The number of thioether (sulfide) groups is 1. The van der Waals surface area contributed by atoms with E-state index in [2.05, 4.69) is 11.6 Å². The molecule has 0 fully saturated rings. The van der Waals surface area contributed by atoms with Gasteiger partial charge in [-0.05, 0) is 55.5 Å². The second kappa shape index (κ2) is 7.33. The molecule has 0 spiro atoms. The van der Waals surface area contributed by atoms with Crippen LogP contribution >= 0.6 is 11.8 Å². The highest BCUT2D eigenvalue weighted by atomic mass is 32.2. The van der Waals surface area contributed by atoms with Crippen molar-refractivity contribution in [1.29, 1.82) is 0 Å². The maximum Gasteiger partial charge on any atom is 0.251 e. The summed E-state index contributed by atoms with van der Waals surface area (Å²) >= 11 is 1.81. The topological polar surface area (TPSA) is 29.1 Å². The summed E-state index contributed by atoms with van der Waals surface area (Å²) in [5, 5.41) is 2.83. The van der Waals surface area contributed by atoms with Crippen molar-refractivity contribution in [2.24, 2.45) is 0 Å². The molecular weight excluding hydrogens is 237 g/mol. The number of hydrogen-bond donors (Lipinski definition) is 1. The van der Waals surface area contributed by atoms with Crippen LogP contribution in [0.15, 0.2) is 18.2 Å². The van der Waals surface area contributed by atoms with Gasteiger partial charge in [0.1, 0.15) is 5.82 Å². The van der Waals surface area contributed by atoms with Gasteiger partial charge in [0.15, 0.2) is 0 Å². The normalized spacial score (nSPS) is 10.3. The van der Waals surface area contributed by atoms with Crippen LogP contribution in [-0.2, 0) is 0 Å². The molecule has 0 unspecified atom stereocenters. The number of halogens is 1. The van der Waals surface area contributed by atoms with Crippen molar-refractivity contribution >= 4 is 17.7 Å². The molecule has 0 aromatic heterocycles. The maximum absolute atomic E-state index is 13.0. The van der Waals surface area contributed by atoms with Gasteiger partial charge in [-0.15, -0.1) is 0 Å². The minimum absolute atomic E-state index is 0.128. The third-order valence-electron chi connectivity index (χ3n) is 2.48. The lowest BCUT2D eigenvalue weighted by molar-refractivity contribution is 0.0953. The molecule has 4 heteroatoms. The van der Waals surface area contributed by atoms with Gasteiger partial charge in [0, 0.05) is 12.1 Å². The average molecular weight is 255 g/mol. The molecule has 1 aromatic carbocycles. The minimum atomic E-state index is -0.276. The monoisotopic (exact) mass is 255 g/mol. The van der Waals surface area contributed by atoms with E-state index in [-0.39, 0.29) is 11.7 Å². The number of aryl methyl sites for hydroxylation is 1. The number of carbonyl (C=O) groups excluding carboxylic acids is 1. The van der Waals surface area contributed by atoms with Crippen molar-refractivity contribution in [2.45, 2.75) is 19.8 Å². The first-order valence-electron chi connectivity index (χ1n) is 5.68. The summed E-state index contributed by atoms with van der Waals surface area (Å²) in [5.41, 5.74) is 1.02. The lowest BCUT2D eigenvalue weighted by Gasteiger charge is -2.06. The zero-order valence-electron chi connectivity index (χ0n) is 10.3. The van der Waals surface area contributed by atoms with Crippen molar-refractivity contribution < 1.29 is 9.18 Å². The maximum atomic E-state index is 13.0. The third kappa shape index (κ3) is 4.77. The largest absolute Gasteiger partial charge is 0.352 e. The molecule has 1 N–H and O–H groups in total. The molecular formula is C13H18FNOS. The number of benzene rings is 1. The molecule has 1 amide bonds. The van der Waals surface area contributed by atoms with Gasteiger partial charge in [-0.25, -0.2) is 4.39 Å². The number of carbonyl (C=O) groups is 1. The Morgan fingerprint density at radius 3 is 2.82 bits per heavy atom. The highest BCUT2D eigenvalue weighted by Crippen LogP contribution is 2.09. The summed E-state index contributed by atoms with van der Waals surface area (Å²) in [6.45, 7) is 2.33. The lowest BCUT2D eigenvalue weighted by atomic mass is 10.1. The van der Waals surface area contributed by atoms with E-state index >= 15 is 0 Å². The molecule has 1 aromatic rings. The van der Waals surface area contributed by atoms with E-state index in [1.807, 2.05) is 0 Å². The van der Waals surface area contributed by atoms with E-state index in [4.69, 9.17) is 0 Å². The smallest absolute Gasteiger partial charge is 0.251 e. The molecule has 0 aliphatic rings. The second-order valence-corrected chi connectivity index (χ2v) is 4.91. The van der Waals surface area contributed by atoms with Crippen LogP contribution in [0.4, 0.5) is 4.39 Å². The fraction of sp³-hybridized carbons (Fsp3) is 0.462. The number of nitrogens with one attached hydrogen (secondary N) is 1. The van der Waals surface area contributed by atoms with Crippen molar-refractivity contribution in [2.75, 3.05) is 18.6 Å². The second-order valence-electron chi connectivity index (χ2n) is 3.92. The van der Waals surface area contributed by atoms with E-state index in [0.717, 1.165) is 18.6 Å². The van der Waals surface area contributed by atoms with Crippen molar-refractivity contribution in [3.05, 3.63) is 35.1 Å². The molecule has 1 rings (SSSR count). The van der Waals surface area contributed by atoms with Crippen LogP contribution in [0.3, 0.4) is 0 Å². The number of hydrogen-bond acceptors (Lipinski definition) is 2. The first-order valence-corrected chi connectivity index (χ1v) is 7.08. The van der Waals surface area contributed by atoms with E-state index < -0.39 is 0 Å². The predicted octanol–water partition coefficient (Wildman–Crippen LogP) is 3.01. The highest BCUT2D eigenvalue weighted by molar-refractivity contribution is 7.98. The molecule has 0 radical (unpaired) electrons. The molecule has 0 saturated heterocycles. The van der Waals surface area contributed by atoms with Gasteiger partial charge in [-0.3, -0.25) is 4.79 Å². The number of unbranched alkanes of at least 4 members (excludes halogenated alkanes) is 1. The van der Waals surface area contributed by atoms with Crippen LogP contribution < -0.4 is 5.32 Å². The van der Waals surface area contributed by atoms with Gasteiger partial charge in [-0.1, -0.05) is 0 Å². The average Bonchev–Trinajstić information content (AvgIpc) is 2.32. The van der Waals surface area contributed by atoms with E-state index in [0.29, 0.717) is 17.7 Å². The Morgan fingerprint density at radius 1 is 1.41 bits per heavy atom. The Hall–Kier alpha value is -1.03. The molecule has 0 bridgehead atoms. The van der Waals surface area contributed by atoms with E-state index in [1.165, 1.54) is 12.1 Å². The zero-order valence-corrected chi connectivity index (χ0v) is 11.1. The van der Waals surface area contributed by atoms with Crippen LogP contribution in [0.5, 0.6) is 0 Å². The van der Waals surface area contributed by atoms with Gasteiger partial charge in [0.05, 0.1) is 0 Å². The van der Waals surface area contributed by atoms with Crippen molar-refractivity contribution in [3.8, 4) is 0 Å². The molecule has 0 saturated carbocycles. The van der Waals surface area contributed by atoms with Crippen LogP contribution in [0.1, 0.15) is 28.8 Å². The summed E-state index contributed by atoms with van der Waals surface area (Å²) in [6, 6.07) is 4.42. The van der Waals surface area contributed by atoms with Crippen LogP contribution in [0.25, 0.3) is 0 Å². The van der Waals surface area contributed by atoms with Crippen LogP contribution in [0.2, 0.25) is 0 Å². The Morgan fingerprint density at radius 2 is 2.18 bits per heavy atom. The summed E-state index contributed by atoms with van der Waals surface area (Å²) in [5.74, 6) is 0.713. The molecule has 17 heavy (non-hydrogen) atoms. The predicted molar refractivity (Wildman–Crippen MR) is 71.1 cm³/mol. The molecule has 0 atom stereocenters. The quantitative estimate of drug-likeness (QED) is 0.792. The summed E-state index contributed by atoms with van der Waals surface area (Å²) < 4.78 is 13.0. The number of rotatable bonds is 6. The van der Waals surface area contributed by atoms with Gasteiger partial charge in [0.2, 0.25) is 0 Å². The van der Waals surface area contributed by atoms with Gasteiger partial charge < -0.3 is 5.32 Å². The first kappa shape index (κ1) is 14.0. The highest BCUT2D eigenvalue weighted by Gasteiger charge is 2.06. The van der Waals surface area contributed by atoms with Crippen LogP contribution in [0, 0.1) is 12.7 Å². The molecule has 0 aliphatic heterocycles. The van der Waals surface area contributed by atoms with E-state index in [9.17, 15) is 9.18 Å². The van der Waals surface area contributed by atoms with E-state index in [1.54, 1.807) is 24.8 Å². The summed E-state index contributed by atoms with van der Waals surface area (Å²) in [7, 11) is 0. The minimum Gasteiger partial charge on any atom is -0.352 e. The SMILES string of the molecule is CSCCCCNC(=O)c1ccc(F)c(C)c1. The summed E-state index contributed by atoms with van der Waals surface area (Å²) in [4.78, 5) is 11.7. The fourth-order valence-electron chi connectivity index (χ4n) is 1.46. The Labute approximate surface area is 106 Å². The van der Waals surface area contributed by atoms with Crippen LogP contribution in [-0.4, -0.2) is 24.5 Å². The first-order chi connectivity index (χ1) is 8.15. The van der Waals surface area contributed by atoms with Gasteiger partial charge in [0.25, 0.3) is 5.91 Å². The molecule has 0 heterocycles. The van der Waals surface area contributed by atoms with Gasteiger partial charge >= 0.3 is 0 Å².